The molecule has 1 saturated carbocycles. The average Bonchev–Trinajstić information content (AvgIpc) is 2.80. The lowest BCUT2D eigenvalue weighted by Gasteiger charge is -2.31. The minimum atomic E-state index is -1.03. The Morgan fingerprint density at radius 3 is 2.36 bits per heavy atom. The molecule has 3 N–H and O–H groups in total. The minimum Gasteiger partial charge on any atom is -0.481 e. The number of aliphatic carboxylic acids is 1. The van der Waals surface area contributed by atoms with E-state index in [2.05, 4.69) is 10.6 Å². The Kier molecular flexibility index (Phi) is 6.78. The van der Waals surface area contributed by atoms with Crippen LogP contribution in [0.25, 0.3) is 0 Å². The number of ether oxygens (including phenoxy) is 1. The summed E-state index contributed by atoms with van der Waals surface area (Å²) in [5, 5.41) is 14.8. The fourth-order valence-corrected chi connectivity index (χ4v) is 3.08. The third kappa shape index (κ3) is 5.91. The van der Waals surface area contributed by atoms with Gasteiger partial charge in [-0.2, -0.15) is 0 Å². The lowest BCUT2D eigenvalue weighted by molar-refractivity contribution is -0.143. The second kappa shape index (κ2) is 8.17. The van der Waals surface area contributed by atoms with Gasteiger partial charge in [-0.15, -0.1) is 0 Å². The van der Waals surface area contributed by atoms with Crippen molar-refractivity contribution in [2.75, 3.05) is 13.6 Å². The van der Waals surface area contributed by atoms with Gasteiger partial charge in [0.15, 0.2) is 0 Å². The van der Waals surface area contributed by atoms with E-state index >= 15 is 0 Å². The predicted molar refractivity (Wildman–Crippen MR) is 88.7 cm³/mol. The normalized spacial score (nSPS) is 25.8. The number of carboxylic acid groups (broad SMARTS) is 1. The summed E-state index contributed by atoms with van der Waals surface area (Å²) in [4.78, 5) is 47.5. The van der Waals surface area contributed by atoms with Crippen LogP contribution in [0.1, 0.15) is 34.1 Å². The monoisotopic (exact) mass is 357 g/mol. The first kappa shape index (κ1) is 20.7. The molecule has 3 amide bonds. The lowest BCUT2D eigenvalue weighted by atomic mass is 9.93. The molecule has 25 heavy (non-hydrogen) atoms. The highest BCUT2D eigenvalue weighted by molar-refractivity contribution is 5.74. The molecule has 9 nitrogen and oxygen atoms in total. The molecule has 0 bridgehead atoms. The Labute approximate surface area is 147 Å². The van der Waals surface area contributed by atoms with Crippen molar-refractivity contribution in [3.63, 3.8) is 0 Å². The number of carboxylic acids is 1. The first-order valence-electron chi connectivity index (χ1n) is 8.10. The molecule has 0 saturated heterocycles. The molecule has 1 rings (SSSR count). The van der Waals surface area contributed by atoms with Crippen LogP contribution in [0.4, 0.5) is 4.79 Å². The molecule has 0 radical (unpaired) electrons. The number of rotatable bonds is 6. The molecule has 142 valence electrons. The highest BCUT2D eigenvalue weighted by Gasteiger charge is 2.49. The van der Waals surface area contributed by atoms with Crippen LogP contribution in [0, 0.1) is 11.8 Å². The van der Waals surface area contributed by atoms with Crippen molar-refractivity contribution < 1.29 is 29.0 Å². The van der Waals surface area contributed by atoms with Gasteiger partial charge in [0.1, 0.15) is 5.60 Å². The van der Waals surface area contributed by atoms with E-state index in [1.54, 1.807) is 20.8 Å². The quantitative estimate of drug-likeness (QED) is 0.583. The fraction of sp³-hybridized carbons (Fsp3) is 0.750. The van der Waals surface area contributed by atoms with Gasteiger partial charge in [0.25, 0.3) is 0 Å². The van der Waals surface area contributed by atoms with Gasteiger partial charge in [-0.3, -0.25) is 14.4 Å². The Bertz CT molecular complexity index is 530. The van der Waals surface area contributed by atoms with Gasteiger partial charge in [0.2, 0.25) is 12.3 Å². The molecule has 1 fully saturated rings. The summed E-state index contributed by atoms with van der Waals surface area (Å²) in [7, 11) is 1.53. The molecular formula is C16H27N3O6. The molecule has 1 unspecified atom stereocenters. The molecule has 0 heterocycles. The number of likely N-dealkylation sites (N-methyl/N-ethyl adjacent to an activating group) is 1. The molecule has 4 atom stereocenters. The number of amides is 3. The number of carbonyl (C=O) groups is 4. The van der Waals surface area contributed by atoms with E-state index in [9.17, 15) is 24.3 Å². The summed E-state index contributed by atoms with van der Waals surface area (Å²) in [6.45, 7) is 6.55. The van der Waals surface area contributed by atoms with Gasteiger partial charge in [-0.1, -0.05) is 0 Å². The van der Waals surface area contributed by atoms with Crippen LogP contribution in [-0.2, 0) is 19.1 Å². The Morgan fingerprint density at radius 1 is 1.32 bits per heavy atom. The van der Waals surface area contributed by atoms with Crippen LogP contribution >= 0.6 is 0 Å². The van der Waals surface area contributed by atoms with Crippen molar-refractivity contribution in [2.24, 2.45) is 11.8 Å². The predicted octanol–water partition coefficient (Wildman–Crippen LogP) is 0.193. The third-order valence-corrected chi connectivity index (χ3v) is 4.16. The first-order chi connectivity index (χ1) is 11.5. The lowest BCUT2D eigenvalue weighted by Crippen LogP contribution is -2.53. The summed E-state index contributed by atoms with van der Waals surface area (Å²) >= 11 is 0. The van der Waals surface area contributed by atoms with Crippen LogP contribution in [-0.4, -0.2) is 65.7 Å². The number of carbonyl (C=O) groups excluding carboxylic acids is 3. The average molecular weight is 357 g/mol. The largest absolute Gasteiger partial charge is 0.481 e. The maximum atomic E-state index is 12.2. The molecule has 0 aromatic heterocycles. The highest BCUT2D eigenvalue weighted by atomic mass is 16.6. The summed E-state index contributed by atoms with van der Waals surface area (Å²) < 4.78 is 5.24. The highest BCUT2D eigenvalue weighted by Crippen LogP contribution is 2.35. The third-order valence-electron chi connectivity index (χ3n) is 4.16. The Balaban J connectivity index is 3.05. The van der Waals surface area contributed by atoms with Crippen molar-refractivity contribution in [1.29, 1.82) is 0 Å². The van der Waals surface area contributed by atoms with E-state index in [-0.39, 0.29) is 18.9 Å². The van der Waals surface area contributed by atoms with Crippen LogP contribution in [0.5, 0.6) is 0 Å². The van der Waals surface area contributed by atoms with Gasteiger partial charge in [-0.05, 0) is 27.2 Å². The maximum absolute atomic E-state index is 12.2. The number of nitrogens with one attached hydrogen (secondary N) is 2. The Morgan fingerprint density at radius 2 is 1.92 bits per heavy atom. The van der Waals surface area contributed by atoms with Crippen LogP contribution < -0.4 is 10.6 Å². The zero-order valence-electron chi connectivity index (χ0n) is 15.2. The topological polar surface area (TPSA) is 125 Å². The molecule has 0 aliphatic heterocycles. The van der Waals surface area contributed by atoms with E-state index in [4.69, 9.17) is 4.74 Å². The first-order valence-corrected chi connectivity index (χ1v) is 8.10. The summed E-state index contributed by atoms with van der Waals surface area (Å²) in [5.41, 5.74) is -0.714. The van der Waals surface area contributed by atoms with Crippen molar-refractivity contribution in [3.05, 3.63) is 0 Å². The number of hydrogen-bond donors (Lipinski definition) is 3. The second-order valence-electron chi connectivity index (χ2n) is 7.29. The van der Waals surface area contributed by atoms with Crippen molar-refractivity contribution in [1.82, 2.24) is 15.5 Å². The SMILES string of the molecule is CC(=O)NCC1[C@H](C(=O)O)C[C@H](N(C)C=O)[C@H]1NC(=O)OC(C)(C)C. The van der Waals surface area contributed by atoms with Crippen LogP contribution in [0.15, 0.2) is 0 Å². The Hall–Kier alpha value is -2.32. The molecule has 1 aliphatic rings. The van der Waals surface area contributed by atoms with E-state index < -0.39 is 41.6 Å². The molecule has 9 heteroatoms. The summed E-state index contributed by atoms with van der Waals surface area (Å²) in [5.74, 6) is -2.71. The second-order valence-corrected chi connectivity index (χ2v) is 7.29. The molecule has 0 spiro atoms. The van der Waals surface area contributed by atoms with Gasteiger partial charge in [0.05, 0.1) is 18.0 Å². The smallest absolute Gasteiger partial charge is 0.407 e. The molecular weight excluding hydrogens is 330 g/mol. The van der Waals surface area contributed by atoms with E-state index in [0.29, 0.717) is 6.41 Å². The van der Waals surface area contributed by atoms with Gasteiger partial charge in [-0.25, -0.2) is 4.79 Å². The maximum Gasteiger partial charge on any atom is 0.407 e. The van der Waals surface area contributed by atoms with E-state index in [0.717, 1.165) is 0 Å². The van der Waals surface area contributed by atoms with Crippen molar-refractivity contribution in [3.8, 4) is 0 Å². The standard InChI is InChI=1S/C16H27N3O6/c1-9(21)17-7-11-10(14(22)23)6-12(19(5)8-20)13(11)18-15(24)25-16(2,3)4/h8,10-13H,6-7H2,1-5H3,(H,17,21)(H,18,24)(H,22,23)/t10-,11?,12+,13+/m1/s1. The number of nitrogens with zero attached hydrogens (tertiary/aromatic N) is 1. The molecule has 0 aromatic carbocycles. The zero-order valence-corrected chi connectivity index (χ0v) is 15.2. The van der Waals surface area contributed by atoms with Gasteiger partial charge >= 0.3 is 12.1 Å². The van der Waals surface area contributed by atoms with Crippen molar-refractivity contribution in [2.45, 2.75) is 51.8 Å². The van der Waals surface area contributed by atoms with Gasteiger partial charge in [0, 0.05) is 26.4 Å². The van der Waals surface area contributed by atoms with Crippen LogP contribution in [0.2, 0.25) is 0 Å². The number of alkyl carbamates (subject to hydrolysis) is 1. The fourth-order valence-electron chi connectivity index (χ4n) is 3.08. The molecule has 0 aromatic rings. The summed E-state index contributed by atoms with van der Waals surface area (Å²) in [6.07, 6.45) is 0.0735. The summed E-state index contributed by atoms with van der Waals surface area (Å²) in [6, 6.07) is -1.16. The molecule has 1 aliphatic carbocycles. The minimum absolute atomic E-state index is 0.0793. The number of hydrogen-bond acceptors (Lipinski definition) is 5. The zero-order chi connectivity index (χ0) is 19.4. The van der Waals surface area contributed by atoms with Crippen molar-refractivity contribution >= 4 is 24.4 Å². The van der Waals surface area contributed by atoms with Crippen LogP contribution in [0.3, 0.4) is 0 Å². The van der Waals surface area contributed by atoms with E-state index in [1.807, 2.05) is 0 Å². The van der Waals surface area contributed by atoms with E-state index in [1.165, 1.54) is 18.9 Å². The van der Waals surface area contributed by atoms with Gasteiger partial charge < -0.3 is 25.4 Å².